The molecule has 1 unspecified atom stereocenters. The molecule has 0 amide bonds. The first-order valence-corrected chi connectivity index (χ1v) is 8.77. The molecule has 2 aromatic rings. The first kappa shape index (κ1) is 17.5. The van der Waals surface area contributed by atoms with E-state index in [1.54, 1.807) is 0 Å². The fraction of sp³-hybridized carbons (Fsp3) is 0.500. The zero-order valence-electron chi connectivity index (χ0n) is 14.6. The van der Waals surface area contributed by atoms with Crippen molar-refractivity contribution in [3.8, 4) is 17.1 Å². The molecular formula is C20H28N2O. The Labute approximate surface area is 140 Å². The molecule has 3 nitrogen and oxygen atoms in total. The average molecular weight is 312 g/mol. The van der Waals surface area contributed by atoms with Crippen LogP contribution in [0.15, 0.2) is 36.7 Å². The molecule has 1 aromatic carbocycles. The fourth-order valence-electron chi connectivity index (χ4n) is 2.30. The van der Waals surface area contributed by atoms with Gasteiger partial charge in [-0.2, -0.15) is 0 Å². The lowest BCUT2D eigenvalue weighted by Crippen LogP contribution is -2.03. The third-order valence-electron chi connectivity index (χ3n) is 4.21. The monoisotopic (exact) mass is 312 g/mol. The number of nitrogens with zero attached hydrogens (tertiary/aromatic N) is 2. The standard InChI is InChI=1S/C20H28N2O/c1-4-6-7-17-14-21-20(22-15-17)18-8-10-19(11-9-18)23-13-12-16(3)5-2/h8-11,14-16H,4-7,12-13H2,1-3H3. The summed E-state index contributed by atoms with van der Waals surface area (Å²) in [7, 11) is 0. The van der Waals surface area contributed by atoms with E-state index in [1.807, 2.05) is 36.7 Å². The molecule has 0 saturated heterocycles. The van der Waals surface area contributed by atoms with E-state index in [9.17, 15) is 0 Å². The van der Waals surface area contributed by atoms with E-state index < -0.39 is 0 Å². The van der Waals surface area contributed by atoms with Crippen molar-refractivity contribution in [3.63, 3.8) is 0 Å². The molecule has 0 bridgehead atoms. The van der Waals surface area contributed by atoms with Gasteiger partial charge >= 0.3 is 0 Å². The second kappa shape index (κ2) is 9.29. The number of aryl methyl sites for hydroxylation is 1. The van der Waals surface area contributed by atoms with Gasteiger partial charge in [-0.3, -0.25) is 0 Å². The van der Waals surface area contributed by atoms with Crippen LogP contribution < -0.4 is 4.74 Å². The van der Waals surface area contributed by atoms with Crippen LogP contribution in [0.3, 0.4) is 0 Å². The number of hydrogen-bond acceptors (Lipinski definition) is 3. The van der Waals surface area contributed by atoms with Crippen molar-refractivity contribution in [2.75, 3.05) is 6.61 Å². The van der Waals surface area contributed by atoms with E-state index in [2.05, 4.69) is 30.7 Å². The van der Waals surface area contributed by atoms with Gasteiger partial charge in [0.1, 0.15) is 5.75 Å². The van der Waals surface area contributed by atoms with Crippen LogP contribution in [-0.2, 0) is 6.42 Å². The normalized spacial score (nSPS) is 12.1. The molecule has 0 aliphatic heterocycles. The van der Waals surface area contributed by atoms with Crippen molar-refractivity contribution in [3.05, 3.63) is 42.2 Å². The summed E-state index contributed by atoms with van der Waals surface area (Å²) in [6.07, 6.45) is 9.61. The number of rotatable bonds is 9. The fourth-order valence-corrected chi connectivity index (χ4v) is 2.30. The molecule has 0 aliphatic rings. The Kier molecular flexibility index (Phi) is 7.05. The van der Waals surface area contributed by atoms with Crippen LogP contribution in [0.25, 0.3) is 11.4 Å². The molecule has 124 valence electrons. The number of aromatic nitrogens is 2. The van der Waals surface area contributed by atoms with E-state index in [0.717, 1.165) is 36.6 Å². The van der Waals surface area contributed by atoms with Crippen LogP contribution in [0.5, 0.6) is 5.75 Å². The van der Waals surface area contributed by atoms with Gasteiger partial charge in [-0.1, -0.05) is 33.6 Å². The van der Waals surface area contributed by atoms with Gasteiger partial charge in [-0.15, -0.1) is 0 Å². The van der Waals surface area contributed by atoms with Crippen LogP contribution in [0.4, 0.5) is 0 Å². The number of hydrogen-bond donors (Lipinski definition) is 0. The summed E-state index contributed by atoms with van der Waals surface area (Å²) in [5.74, 6) is 2.40. The summed E-state index contributed by atoms with van der Waals surface area (Å²) in [6.45, 7) is 7.44. The molecule has 0 spiro atoms. The molecule has 1 atom stereocenters. The topological polar surface area (TPSA) is 35.0 Å². The average Bonchev–Trinajstić information content (AvgIpc) is 2.61. The van der Waals surface area contributed by atoms with Crippen LogP contribution in [-0.4, -0.2) is 16.6 Å². The van der Waals surface area contributed by atoms with E-state index in [1.165, 1.54) is 24.8 Å². The molecule has 2 rings (SSSR count). The van der Waals surface area contributed by atoms with Gasteiger partial charge in [-0.25, -0.2) is 9.97 Å². The van der Waals surface area contributed by atoms with Crippen molar-refractivity contribution >= 4 is 0 Å². The molecule has 23 heavy (non-hydrogen) atoms. The van der Waals surface area contributed by atoms with Crippen LogP contribution in [0.1, 0.15) is 52.0 Å². The predicted molar refractivity (Wildman–Crippen MR) is 95.6 cm³/mol. The zero-order chi connectivity index (χ0) is 16.5. The Morgan fingerprint density at radius 1 is 1.04 bits per heavy atom. The van der Waals surface area contributed by atoms with E-state index >= 15 is 0 Å². The summed E-state index contributed by atoms with van der Waals surface area (Å²) in [6, 6.07) is 8.06. The summed E-state index contributed by atoms with van der Waals surface area (Å²) < 4.78 is 5.79. The van der Waals surface area contributed by atoms with E-state index in [-0.39, 0.29) is 0 Å². The zero-order valence-corrected chi connectivity index (χ0v) is 14.6. The van der Waals surface area contributed by atoms with E-state index in [0.29, 0.717) is 5.92 Å². The largest absolute Gasteiger partial charge is 0.494 e. The van der Waals surface area contributed by atoms with Gasteiger partial charge in [-0.05, 0) is 55.0 Å². The molecule has 0 saturated carbocycles. The van der Waals surface area contributed by atoms with Gasteiger partial charge < -0.3 is 4.74 Å². The van der Waals surface area contributed by atoms with Gasteiger partial charge in [0.05, 0.1) is 6.61 Å². The van der Waals surface area contributed by atoms with Crippen LogP contribution >= 0.6 is 0 Å². The SMILES string of the molecule is CCCCc1cnc(-c2ccc(OCCC(C)CC)cc2)nc1. The van der Waals surface area contributed by atoms with Gasteiger partial charge in [0.15, 0.2) is 5.82 Å². The quantitative estimate of drug-likeness (QED) is 0.630. The summed E-state index contributed by atoms with van der Waals surface area (Å²) in [5, 5.41) is 0. The Morgan fingerprint density at radius 2 is 1.74 bits per heavy atom. The molecule has 3 heteroatoms. The first-order chi connectivity index (χ1) is 11.2. The Bertz CT molecular complexity index is 563. The number of ether oxygens (including phenoxy) is 1. The Morgan fingerprint density at radius 3 is 2.35 bits per heavy atom. The predicted octanol–water partition coefficient (Wildman–Crippen LogP) is 5.30. The Balaban J connectivity index is 1.91. The van der Waals surface area contributed by atoms with Gasteiger partial charge in [0.25, 0.3) is 0 Å². The lowest BCUT2D eigenvalue weighted by atomic mass is 10.1. The molecular weight excluding hydrogens is 284 g/mol. The van der Waals surface area contributed by atoms with Crippen molar-refractivity contribution in [1.29, 1.82) is 0 Å². The highest BCUT2D eigenvalue weighted by Crippen LogP contribution is 2.20. The third-order valence-corrected chi connectivity index (χ3v) is 4.21. The first-order valence-electron chi connectivity index (χ1n) is 8.77. The number of benzene rings is 1. The molecule has 0 N–H and O–H groups in total. The lowest BCUT2D eigenvalue weighted by Gasteiger charge is -2.10. The highest BCUT2D eigenvalue weighted by atomic mass is 16.5. The van der Waals surface area contributed by atoms with Crippen molar-refractivity contribution < 1.29 is 4.74 Å². The second-order valence-corrected chi connectivity index (χ2v) is 6.19. The minimum atomic E-state index is 0.717. The van der Waals surface area contributed by atoms with E-state index in [4.69, 9.17) is 4.74 Å². The Hall–Kier alpha value is -1.90. The smallest absolute Gasteiger partial charge is 0.159 e. The molecule has 0 fully saturated rings. The van der Waals surface area contributed by atoms with Crippen molar-refractivity contribution in [2.24, 2.45) is 5.92 Å². The number of unbranched alkanes of at least 4 members (excludes halogenated alkanes) is 1. The highest BCUT2D eigenvalue weighted by molar-refractivity contribution is 5.55. The molecule has 0 aliphatic carbocycles. The van der Waals surface area contributed by atoms with Gasteiger partial charge in [0, 0.05) is 18.0 Å². The summed E-state index contributed by atoms with van der Waals surface area (Å²) in [5.41, 5.74) is 2.24. The molecule has 1 aromatic heterocycles. The van der Waals surface area contributed by atoms with Crippen LogP contribution in [0.2, 0.25) is 0 Å². The van der Waals surface area contributed by atoms with Gasteiger partial charge in [0.2, 0.25) is 0 Å². The maximum absolute atomic E-state index is 5.79. The van der Waals surface area contributed by atoms with Crippen LogP contribution in [0, 0.1) is 5.92 Å². The highest BCUT2D eigenvalue weighted by Gasteiger charge is 2.03. The maximum atomic E-state index is 5.79. The molecule has 1 heterocycles. The van der Waals surface area contributed by atoms with Crippen molar-refractivity contribution in [1.82, 2.24) is 9.97 Å². The second-order valence-electron chi connectivity index (χ2n) is 6.19. The summed E-state index contributed by atoms with van der Waals surface area (Å²) >= 11 is 0. The minimum absolute atomic E-state index is 0.717. The maximum Gasteiger partial charge on any atom is 0.159 e. The summed E-state index contributed by atoms with van der Waals surface area (Å²) in [4.78, 5) is 8.95. The lowest BCUT2D eigenvalue weighted by molar-refractivity contribution is 0.282. The van der Waals surface area contributed by atoms with Crippen molar-refractivity contribution in [2.45, 2.75) is 52.9 Å². The molecule has 0 radical (unpaired) electrons. The minimum Gasteiger partial charge on any atom is -0.494 e. The third kappa shape index (κ3) is 5.66.